The Hall–Kier alpha value is -2.69. The van der Waals surface area contributed by atoms with E-state index in [0.717, 1.165) is 17.7 Å². The SMILES string of the molecule is CC(=O)N1CCc2ccccc2[C@@H]1CC(=O)NCc1ccccn1. The molecule has 1 aliphatic rings. The predicted molar refractivity (Wildman–Crippen MR) is 91.0 cm³/mol. The van der Waals surface area contributed by atoms with Gasteiger partial charge in [-0.2, -0.15) is 0 Å². The topological polar surface area (TPSA) is 62.3 Å². The number of carbonyl (C=O) groups is 2. The van der Waals surface area contributed by atoms with Crippen LogP contribution in [0.4, 0.5) is 0 Å². The first kappa shape index (κ1) is 16.2. The molecule has 2 aromatic rings. The van der Waals surface area contributed by atoms with Gasteiger partial charge in [0.25, 0.3) is 0 Å². The smallest absolute Gasteiger partial charge is 0.222 e. The maximum Gasteiger partial charge on any atom is 0.222 e. The van der Waals surface area contributed by atoms with Gasteiger partial charge in [0.1, 0.15) is 0 Å². The van der Waals surface area contributed by atoms with Crippen molar-refractivity contribution >= 4 is 11.8 Å². The molecule has 0 aliphatic carbocycles. The monoisotopic (exact) mass is 323 g/mol. The largest absolute Gasteiger partial charge is 0.350 e. The van der Waals surface area contributed by atoms with E-state index in [1.54, 1.807) is 18.0 Å². The molecule has 0 unspecified atom stereocenters. The van der Waals surface area contributed by atoms with Gasteiger partial charge in [-0.25, -0.2) is 0 Å². The van der Waals surface area contributed by atoms with E-state index in [1.165, 1.54) is 5.56 Å². The zero-order valence-corrected chi connectivity index (χ0v) is 13.7. The van der Waals surface area contributed by atoms with Gasteiger partial charge in [0.05, 0.1) is 24.7 Å². The molecular weight excluding hydrogens is 302 g/mol. The third kappa shape index (κ3) is 3.62. The van der Waals surface area contributed by atoms with E-state index >= 15 is 0 Å². The number of pyridine rings is 1. The first-order valence-corrected chi connectivity index (χ1v) is 8.17. The summed E-state index contributed by atoms with van der Waals surface area (Å²) >= 11 is 0. The molecule has 0 bridgehead atoms. The highest BCUT2D eigenvalue weighted by Gasteiger charge is 2.30. The fourth-order valence-corrected chi connectivity index (χ4v) is 3.19. The van der Waals surface area contributed by atoms with Crippen molar-refractivity contribution in [2.75, 3.05) is 6.54 Å². The van der Waals surface area contributed by atoms with Gasteiger partial charge in [0.2, 0.25) is 11.8 Å². The highest BCUT2D eigenvalue weighted by Crippen LogP contribution is 2.32. The highest BCUT2D eigenvalue weighted by atomic mass is 16.2. The molecular formula is C19H21N3O2. The van der Waals surface area contributed by atoms with Crippen LogP contribution in [0.2, 0.25) is 0 Å². The summed E-state index contributed by atoms with van der Waals surface area (Å²) in [5.41, 5.74) is 3.11. The summed E-state index contributed by atoms with van der Waals surface area (Å²) in [6.07, 6.45) is 2.81. The van der Waals surface area contributed by atoms with Crippen molar-refractivity contribution in [3.8, 4) is 0 Å². The van der Waals surface area contributed by atoms with E-state index < -0.39 is 0 Å². The van der Waals surface area contributed by atoms with Crippen molar-refractivity contribution < 1.29 is 9.59 Å². The lowest BCUT2D eigenvalue weighted by Crippen LogP contribution is -2.41. The number of carbonyl (C=O) groups excluding carboxylic acids is 2. The predicted octanol–water partition coefficient (Wildman–Crippen LogP) is 2.23. The molecule has 1 atom stereocenters. The Morgan fingerprint density at radius 2 is 2.00 bits per heavy atom. The van der Waals surface area contributed by atoms with Gasteiger partial charge in [0, 0.05) is 19.7 Å². The van der Waals surface area contributed by atoms with Gasteiger partial charge in [-0.15, -0.1) is 0 Å². The van der Waals surface area contributed by atoms with E-state index in [0.29, 0.717) is 13.1 Å². The second kappa shape index (κ2) is 7.25. The molecule has 24 heavy (non-hydrogen) atoms. The number of nitrogens with one attached hydrogen (secondary N) is 1. The van der Waals surface area contributed by atoms with E-state index in [2.05, 4.69) is 16.4 Å². The van der Waals surface area contributed by atoms with Crippen molar-refractivity contribution in [1.82, 2.24) is 15.2 Å². The first-order chi connectivity index (χ1) is 11.6. The molecule has 1 aromatic carbocycles. The second-order valence-corrected chi connectivity index (χ2v) is 5.98. The molecule has 2 amide bonds. The van der Waals surface area contributed by atoms with Gasteiger partial charge in [-0.05, 0) is 29.7 Å². The first-order valence-electron chi connectivity index (χ1n) is 8.17. The Bertz CT molecular complexity index is 730. The average Bonchev–Trinajstić information content (AvgIpc) is 2.61. The maximum absolute atomic E-state index is 12.4. The standard InChI is InChI=1S/C19H21N3O2/c1-14(23)22-11-9-15-6-2-3-8-17(15)18(22)12-19(24)21-13-16-7-4-5-10-20-16/h2-8,10,18H,9,11-13H2,1H3,(H,21,24)/t18-/m0/s1. The van der Waals surface area contributed by atoms with Gasteiger partial charge >= 0.3 is 0 Å². The number of nitrogens with zero attached hydrogens (tertiary/aromatic N) is 2. The maximum atomic E-state index is 12.4. The van der Waals surface area contributed by atoms with Crippen molar-refractivity contribution in [3.05, 3.63) is 65.5 Å². The van der Waals surface area contributed by atoms with Gasteiger partial charge in [-0.1, -0.05) is 30.3 Å². The molecule has 0 saturated heterocycles. The summed E-state index contributed by atoms with van der Waals surface area (Å²) in [5, 5.41) is 2.90. The van der Waals surface area contributed by atoms with Crippen molar-refractivity contribution in [3.63, 3.8) is 0 Å². The van der Waals surface area contributed by atoms with Gasteiger partial charge in [-0.3, -0.25) is 14.6 Å². The summed E-state index contributed by atoms with van der Waals surface area (Å²) in [6.45, 7) is 2.62. The summed E-state index contributed by atoms with van der Waals surface area (Å²) in [5.74, 6) is -0.0689. The molecule has 0 fully saturated rings. The van der Waals surface area contributed by atoms with Crippen LogP contribution in [-0.4, -0.2) is 28.2 Å². The van der Waals surface area contributed by atoms with Crippen molar-refractivity contribution in [2.24, 2.45) is 0 Å². The summed E-state index contributed by atoms with van der Waals surface area (Å²) in [4.78, 5) is 30.3. The average molecular weight is 323 g/mol. The zero-order valence-electron chi connectivity index (χ0n) is 13.7. The number of benzene rings is 1. The van der Waals surface area contributed by atoms with Crippen LogP contribution < -0.4 is 5.32 Å². The van der Waals surface area contributed by atoms with Crippen LogP contribution in [0.15, 0.2) is 48.7 Å². The molecule has 1 N–H and O–H groups in total. The number of amides is 2. The van der Waals surface area contributed by atoms with Crippen LogP contribution in [0.5, 0.6) is 0 Å². The lowest BCUT2D eigenvalue weighted by molar-refractivity contribution is -0.133. The Labute approximate surface area is 141 Å². The van der Waals surface area contributed by atoms with E-state index in [-0.39, 0.29) is 24.3 Å². The van der Waals surface area contributed by atoms with Crippen LogP contribution >= 0.6 is 0 Å². The molecule has 124 valence electrons. The second-order valence-electron chi connectivity index (χ2n) is 5.98. The Morgan fingerprint density at radius 3 is 2.75 bits per heavy atom. The number of hydrogen-bond donors (Lipinski definition) is 1. The third-order valence-corrected chi connectivity index (χ3v) is 4.39. The quantitative estimate of drug-likeness (QED) is 0.938. The Balaban J connectivity index is 1.71. The highest BCUT2D eigenvalue weighted by molar-refractivity contribution is 5.79. The lowest BCUT2D eigenvalue weighted by atomic mass is 9.90. The summed E-state index contributed by atoms with van der Waals surface area (Å²) in [7, 11) is 0. The fourth-order valence-electron chi connectivity index (χ4n) is 3.19. The van der Waals surface area contributed by atoms with Crippen molar-refractivity contribution in [1.29, 1.82) is 0 Å². The van der Waals surface area contributed by atoms with Crippen LogP contribution in [0.25, 0.3) is 0 Å². The lowest BCUT2D eigenvalue weighted by Gasteiger charge is -2.36. The summed E-state index contributed by atoms with van der Waals surface area (Å²) < 4.78 is 0. The summed E-state index contributed by atoms with van der Waals surface area (Å²) in [6, 6.07) is 13.5. The fraction of sp³-hybridized carbons (Fsp3) is 0.316. The van der Waals surface area contributed by atoms with E-state index in [4.69, 9.17) is 0 Å². The van der Waals surface area contributed by atoms with Crippen molar-refractivity contribution in [2.45, 2.75) is 32.4 Å². The molecule has 3 rings (SSSR count). The number of aromatic nitrogens is 1. The molecule has 0 radical (unpaired) electrons. The Morgan fingerprint density at radius 1 is 1.21 bits per heavy atom. The molecule has 0 saturated carbocycles. The molecule has 0 spiro atoms. The van der Waals surface area contributed by atoms with Crippen LogP contribution in [0.3, 0.4) is 0 Å². The number of fused-ring (bicyclic) bond motifs is 1. The molecule has 1 aliphatic heterocycles. The van der Waals surface area contributed by atoms with Crippen LogP contribution in [0.1, 0.15) is 36.2 Å². The van der Waals surface area contributed by atoms with Gasteiger partial charge < -0.3 is 10.2 Å². The van der Waals surface area contributed by atoms with E-state index in [1.807, 2.05) is 36.4 Å². The molecule has 5 heteroatoms. The zero-order chi connectivity index (χ0) is 16.9. The van der Waals surface area contributed by atoms with Crippen LogP contribution in [0, 0.1) is 0 Å². The molecule has 1 aromatic heterocycles. The minimum absolute atomic E-state index is 0.00651. The number of rotatable bonds is 4. The number of hydrogen-bond acceptors (Lipinski definition) is 3. The third-order valence-electron chi connectivity index (χ3n) is 4.39. The molecule has 2 heterocycles. The molecule has 5 nitrogen and oxygen atoms in total. The van der Waals surface area contributed by atoms with E-state index in [9.17, 15) is 9.59 Å². The van der Waals surface area contributed by atoms with Gasteiger partial charge in [0.15, 0.2) is 0 Å². The minimum atomic E-state index is -0.198. The minimum Gasteiger partial charge on any atom is -0.350 e. The van der Waals surface area contributed by atoms with Crippen LogP contribution in [-0.2, 0) is 22.6 Å². The Kier molecular flexibility index (Phi) is 4.89. The normalized spacial score (nSPS) is 16.4.